The van der Waals surface area contributed by atoms with Crippen LogP contribution in [0.5, 0.6) is 0 Å². The molecule has 8 aromatic carbocycles. The predicted molar refractivity (Wildman–Crippen MR) is 244 cm³/mol. The van der Waals surface area contributed by atoms with Crippen molar-refractivity contribution in [3.8, 4) is 11.1 Å². The van der Waals surface area contributed by atoms with Crippen molar-refractivity contribution in [2.24, 2.45) is 0 Å². The molecule has 58 heavy (non-hydrogen) atoms. The molecule has 0 saturated heterocycles. The van der Waals surface area contributed by atoms with Gasteiger partial charge in [0.1, 0.15) is 0 Å². The van der Waals surface area contributed by atoms with Gasteiger partial charge >= 0.3 is 0 Å². The second-order valence-corrected chi connectivity index (χ2v) is 17.2. The fraction of sp³-hybridized carbons (Fsp3) is 0.179. The highest BCUT2D eigenvalue weighted by atomic mass is 15.2. The first-order chi connectivity index (χ1) is 28.5. The van der Waals surface area contributed by atoms with Crippen molar-refractivity contribution >= 4 is 44.9 Å². The Balaban J connectivity index is 1.17. The van der Waals surface area contributed by atoms with Gasteiger partial charge in [-0.3, -0.25) is 0 Å². The van der Waals surface area contributed by atoms with E-state index in [0.29, 0.717) is 0 Å². The molecule has 0 heterocycles. The first kappa shape index (κ1) is 34.8. The first-order valence-electron chi connectivity index (χ1n) is 21.2. The van der Waals surface area contributed by atoms with Gasteiger partial charge in [0.15, 0.2) is 0 Å². The van der Waals surface area contributed by atoms with Gasteiger partial charge in [0.05, 0.1) is 11.4 Å². The molecule has 0 radical (unpaired) electrons. The third-order valence-electron chi connectivity index (χ3n) is 13.6. The summed E-state index contributed by atoms with van der Waals surface area (Å²) in [5, 5.41) is 2.51. The van der Waals surface area contributed by atoms with Crippen LogP contribution in [0.25, 0.3) is 21.9 Å². The standard InChI is InChI=1S/C56H48N2/c1-55(2)49-28-12-11-27-47(49)48-34-33-46(38-50(48)55)58(45-32-31-39-17-9-10-18-42(39)37-45)52-30-14-20-41-22-16-36-56(54(41)52)35-15-21-40-19-13-29-51(53(40)56)57(43-23-5-3-6-24-43)44-25-7-4-8-26-44/h3-14,17-20,23-34,37-38H,15-16,21-22,35-36H2,1-2H3/t56-/m1/s1. The third-order valence-corrected chi connectivity index (χ3v) is 13.6. The monoisotopic (exact) mass is 748 g/mol. The molecule has 1 atom stereocenters. The van der Waals surface area contributed by atoms with Crippen LogP contribution >= 0.6 is 0 Å². The second-order valence-electron chi connectivity index (χ2n) is 17.2. The average Bonchev–Trinajstić information content (AvgIpc) is 3.50. The Kier molecular flexibility index (Phi) is 8.19. The molecule has 0 saturated carbocycles. The maximum Gasteiger partial charge on any atom is 0.0505 e. The average molecular weight is 749 g/mol. The maximum absolute atomic E-state index is 2.61. The van der Waals surface area contributed by atoms with Crippen molar-refractivity contribution in [3.05, 3.63) is 215 Å². The molecular weight excluding hydrogens is 701 g/mol. The maximum atomic E-state index is 2.61. The zero-order chi connectivity index (χ0) is 38.8. The Hall–Kier alpha value is -6.38. The summed E-state index contributed by atoms with van der Waals surface area (Å²) in [5.41, 5.74) is 18.6. The van der Waals surface area contributed by atoms with Crippen LogP contribution in [0.2, 0.25) is 0 Å². The van der Waals surface area contributed by atoms with E-state index in [4.69, 9.17) is 0 Å². The summed E-state index contributed by atoms with van der Waals surface area (Å²) in [6, 6.07) is 68.4. The Morgan fingerprint density at radius 2 is 0.914 bits per heavy atom. The lowest BCUT2D eigenvalue weighted by molar-refractivity contribution is 0.369. The van der Waals surface area contributed by atoms with Crippen LogP contribution in [-0.4, -0.2) is 0 Å². The van der Waals surface area contributed by atoms with E-state index in [0.717, 1.165) is 25.7 Å². The summed E-state index contributed by atoms with van der Waals surface area (Å²) < 4.78 is 0. The van der Waals surface area contributed by atoms with E-state index in [9.17, 15) is 0 Å². The molecule has 0 aliphatic heterocycles. The minimum atomic E-state index is -0.169. The summed E-state index contributed by atoms with van der Waals surface area (Å²) in [6.07, 6.45) is 6.76. The van der Waals surface area contributed by atoms with E-state index in [1.54, 1.807) is 0 Å². The highest BCUT2D eigenvalue weighted by Gasteiger charge is 2.46. The van der Waals surface area contributed by atoms with Crippen molar-refractivity contribution in [1.29, 1.82) is 0 Å². The number of hydrogen-bond acceptors (Lipinski definition) is 2. The molecule has 3 aliphatic rings. The van der Waals surface area contributed by atoms with E-state index in [2.05, 4.69) is 206 Å². The highest BCUT2D eigenvalue weighted by molar-refractivity contribution is 5.92. The van der Waals surface area contributed by atoms with Gasteiger partial charge in [0.2, 0.25) is 0 Å². The van der Waals surface area contributed by atoms with Gasteiger partial charge in [-0.05, 0) is 154 Å². The lowest BCUT2D eigenvalue weighted by atomic mass is 9.59. The van der Waals surface area contributed by atoms with Gasteiger partial charge in [0, 0.05) is 33.6 Å². The van der Waals surface area contributed by atoms with Crippen LogP contribution < -0.4 is 9.80 Å². The minimum Gasteiger partial charge on any atom is -0.310 e. The largest absolute Gasteiger partial charge is 0.310 e. The minimum absolute atomic E-state index is 0.107. The van der Waals surface area contributed by atoms with Gasteiger partial charge in [-0.1, -0.05) is 135 Å². The quantitative estimate of drug-likeness (QED) is 0.167. The van der Waals surface area contributed by atoms with E-state index in [1.807, 2.05) is 0 Å². The van der Waals surface area contributed by atoms with E-state index in [1.165, 1.54) is 102 Å². The molecule has 2 nitrogen and oxygen atoms in total. The summed E-state index contributed by atoms with van der Waals surface area (Å²) in [5.74, 6) is 0. The molecule has 0 unspecified atom stereocenters. The van der Waals surface area contributed by atoms with Gasteiger partial charge < -0.3 is 9.80 Å². The molecular formula is C56H48N2. The number of rotatable bonds is 6. The second kappa shape index (κ2) is 13.6. The van der Waals surface area contributed by atoms with Crippen LogP contribution in [0.3, 0.4) is 0 Å². The Bertz CT molecular complexity index is 2790. The van der Waals surface area contributed by atoms with Crippen molar-refractivity contribution in [1.82, 2.24) is 0 Å². The van der Waals surface area contributed by atoms with Gasteiger partial charge in [-0.15, -0.1) is 0 Å². The molecule has 0 amide bonds. The van der Waals surface area contributed by atoms with Crippen LogP contribution in [0, 0.1) is 0 Å². The molecule has 0 bridgehead atoms. The number of hydrogen-bond donors (Lipinski definition) is 0. The Morgan fingerprint density at radius 3 is 1.57 bits per heavy atom. The highest BCUT2D eigenvalue weighted by Crippen LogP contribution is 2.58. The number of nitrogens with zero attached hydrogens (tertiary/aromatic N) is 2. The van der Waals surface area contributed by atoms with Gasteiger partial charge in [-0.25, -0.2) is 0 Å². The summed E-state index contributed by atoms with van der Waals surface area (Å²) in [6.45, 7) is 4.79. The van der Waals surface area contributed by atoms with Crippen molar-refractivity contribution in [3.63, 3.8) is 0 Å². The van der Waals surface area contributed by atoms with Crippen molar-refractivity contribution in [2.75, 3.05) is 9.80 Å². The molecule has 3 aliphatic carbocycles. The van der Waals surface area contributed by atoms with Gasteiger partial charge in [-0.2, -0.15) is 0 Å². The van der Waals surface area contributed by atoms with Gasteiger partial charge in [0.25, 0.3) is 0 Å². The molecule has 282 valence electrons. The van der Waals surface area contributed by atoms with Crippen LogP contribution in [-0.2, 0) is 23.7 Å². The SMILES string of the molecule is CC1(C)c2ccccc2-c2ccc(N(c3ccc4ccccc4c3)c3cccc4c3[C@]3(CCCc5cccc(N(c6ccccc6)c6ccccc6)c53)CCC4)cc21. The molecule has 0 fully saturated rings. The number of para-hydroxylation sites is 2. The van der Waals surface area contributed by atoms with Crippen LogP contribution in [0.15, 0.2) is 182 Å². The fourth-order valence-electron chi connectivity index (χ4n) is 11.1. The number of benzene rings is 8. The lowest BCUT2D eigenvalue weighted by Gasteiger charge is -2.48. The molecule has 11 rings (SSSR count). The fourth-order valence-corrected chi connectivity index (χ4v) is 11.1. The zero-order valence-electron chi connectivity index (χ0n) is 33.5. The topological polar surface area (TPSA) is 6.48 Å². The van der Waals surface area contributed by atoms with Crippen molar-refractivity contribution < 1.29 is 0 Å². The number of fused-ring (bicyclic) bond motifs is 8. The smallest absolute Gasteiger partial charge is 0.0505 e. The van der Waals surface area contributed by atoms with E-state index < -0.39 is 0 Å². The van der Waals surface area contributed by atoms with Crippen LogP contribution in [0.1, 0.15) is 72.9 Å². The van der Waals surface area contributed by atoms with Crippen molar-refractivity contribution in [2.45, 2.75) is 63.2 Å². The molecule has 2 heteroatoms. The summed E-state index contributed by atoms with van der Waals surface area (Å²) in [7, 11) is 0. The van der Waals surface area contributed by atoms with E-state index in [-0.39, 0.29) is 10.8 Å². The summed E-state index contributed by atoms with van der Waals surface area (Å²) in [4.78, 5) is 5.13. The lowest BCUT2D eigenvalue weighted by Crippen LogP contribution is -2.38. The predicted octanol–water partition coefficient (Wildman–Crippen LogP) is 15.0. The molecule has 0 N–H and O–H groups in total. The Morgan fingerprint density at radius 1 is 0.397 bits per heavy atom. The third kappa shape index (κ3) is 5.38. The normalized spacial score (nSPS) is 17.3. The summed E-state index contributed by atoms with van der Waals surface area (Å²) >= 11 is 0. The number of aryl methyl sites for hydroxylation is 2. The Labute approximate surface area is 343 Å². The zero-order valence-corrected chi connectivity index (χ0v) is 33.5. The van der Waals surface area contributed by atoms with E-state index >= 15 is 0 Å². The first-order valence-corrected chi connectivity index (χ1v) is 21.2. The molecule has 8 aromatic rings. The molecule has 0 aromatic heterocycles. The number of anilines is 6. The molecule has 1 spiro atoms. The van der Waals surface area contributed by atoms with Crippen LogP contribution in [0.4, 0.5) is 34.1 Å².